The van der Waals surface area contributed by atoms with Crippen LogP contribution in [0.3, 0.4) is 0 Å². The molecule has 2 aromatic rings. The van der Waals surface area contributed by atoms with Crippen molar-refractivity contribution >= 4 is 44.3 Å². The van der Waals surface area contributed by atoms with Crippen LogP contribution in [0.5, 0.6) is 0 Å². The zero-order chi connectivity index (χ0) is 17.4. The number of rotatable bonds is 0. The molecule has 3 aliphatic heterocycles. The van der Waals surface area contributed by atoms with E-state index in [1.54, 1.807) is 48.5 Å². The van der Waals surface area contributed by atoms with Crippen molar-refractivity contribution in [2.75, 3.05) is 0 Å². The van der Waals surface area contributed by atoms with Crippen LogP contribution in [0.25, 0.3) is 0 Å². The quantitative estimate of drug-likeness (QED) is 0.635. The van der Waals surface area contributed by atoms with E-state index in [4.69, 9.17) is 7.26 Å². The maximum absolute atomic E-state index is 12.9. The smallest absolute Gasteiger partial charge is 0.288 e. The number of hydrogen-bond acceptors (Lipinski definition) is 7. The topological polar surface area (TPSA) is 86.7 Å². The van der Waals surface area contributed by atoms with Gasteiger partial charge in [-0.15, -0.1) is 7.26 Å². The minimum Gasteiger partial charge on any atom is -0.288 e. The molecular weight excluding hydrogens is 384 g/mol. The molecule has 0 N–H and O–H groups in total. The molecule has 1 saturated heterocycles. The first-order valence-corrected chi connectivity index (χ1v) is 10.8. The Morgan fingerprint density at radius 1 is 0.800 bits per heavy atom. The molecule has 126 valence electrons. The average molecular weight is 392 g/mol. The molecule has 0 unspecified atom stereocenters. The molecule has 1 spiro atoms. The summed E-state index contributed by atoms with van der Waals surface area (Å²) in [5.74, 6) is -0.746. The van der Waals surface area contributed by atoms with E-state index in [9.17, 15) is 18.0 Å². The van der Waals surface area contributed by atoms with E-state index in [0.29, 0.717) is 16.0 Å². The highest BCUT2D eigenvalue weighted by Gasteiger charge is 2.59. The first-order chi connectivity index (χ1) is 11.9. The minimum absolute atomic E-state index is 0.00900. The molecular formula is C16H8O6S3. The number of benzene rings is 2. The number of carbonyl (C=O) groups excluding carboxylic acids is 2. The Morgan fingerprint density at radius 3 is 2.12 bits per heavy atom. The predicted octanol–water partition coefficient (Wildman–Crippen LogP) is 3.37. The van der Waals surface area contributed by atoms with Crippen molar-refractivity contribution in [1.82, 2.24) is 0 Å². The van der Waals surface area contributed by atoms with Crippen LogP contribution in [0.15, 0.2) is 68.1 Å². The standard InChI is InChI=1S/C16H8O6S3/c17-13-9-5-1-3-7-11(9)23-15(13)16-14(18)10-6-2-4-8-12(10)24(16)21-25(19,20)22-24/h1-8H/b16-15-. The molecule has 0 atom stereocenters. The van der Waals surface area contributed by atoms with Gasteiger partial charge in [0.25, 0.3) is 0 Å². The number of hydrogen-bond donors (Lipinski definition) is 0. The molecule has 3 aliphatic rings. The zero-order valence-electron chi connectivity index (χ0n) is 12.3. The van der Waals surface area contributed by atoms with Crippen LogP contribution in [0, 0.1) is 0 Å². The first-order valence-electron chi connectivity index (χ1n) is 7.13. The van der Waals surface area contributed by atoms with Gasteiger partial charge in [-0.1, -0.05) is 46.6 Å². The van der Waals surface area contributed by atoms with Crippen molar-refractivity contribution in [3.8, 4) is 0 Å². The molecule has 9 heteroatoms. The van der Waals surface area contributed by atoms with Gasteiger partial charge in [-0.3, -0.25) is 9.59 Å². The first kappa shape index (κ1) is 15.4. The maximum Gasteiger partial charge on any atom is 0.438 e. The SMILES string of the molecule is O=C1/C(=C2\C(=O)c3ccccc3S23OS(=O)(=O)O3)Sc2ccccc21. The fourth-order valence-corrected chi connectivity index (χ4v) is 9.17. The summed E-state index contributed by atoms with van der Waals surface area (Å²) in [5, 5.41) is 0. The molecule has 5 rings (SSSR count). The maximum atomic E-state index is 12.9. The third kappa shape index (κ3) is 1.92. The Morgan fingerprint density at radius 2 is 1.44 bits per heavy atom. The lowest BCUT2D eigenvalue weighted by molar-refractivity contribution is 0.101. The van der Waals surface area contributed by atoms with Crippen LogP contribution in [-0.2, 0) is 17.7 Å². The Hall–Kier alpha value is -1.91. The fraction of sp³-hybridized carbons (Fsp3) is 0. The molecule has 6 nitrogen and oxygen atoms in total. The van der Waals surface area contributed by atoms with Gasteiger partial charge in [0.05, 0.1) is 9.80 Å². The van der Waals surface area contributed by atoms with Gasteiger partial charge in [0.15, 0.2) is 0 Å². The van der Waals surface area contributed by atoms with Crippen molar-refractivity contribution in [2.45, 2.75) is 9.79 Å². The predicted molar refractivity (Wildman–Crippen MR) is 91.4 cm³/mol. The van der Waals surface area contributed by atoms with Gasteiger partial charge in [0, 0.05) is 16.0 Å². The van der Waals surface area contributed by atoms with Gasteiger partial charge in [0.1, 0.15) is 4.91 Å². The number of carbonyl (C=O) groups is 2. The van der Waals surface area contributed by atoms with Gasteiger partial charge in [-0.25, -0.2) is 0 Å². The number of fused-ring (bicyclic) bond motifs is 3. The van der Waals surface area contributed by atoms with Crippen molar-refractivity contribution in [1.29, 1.82) is 0 Å². The number of allylic oxidation sites excluding steroid dienone is 2. The Kier molecular flexibility index (Phi) is 2.97. The van der Waals surface area contributed by atoms with Crippen LogP contribution >= 0.6 is 22.4 Å². The van der Waals surface area contributed by atoms with Gasteiger partial charge in [-0.05, 0) is 24.3 Å². The van der Waals surface area contributed by atoms with E-state index in [1.807, 2.05) is 0 Å². The molecule has 0 bridgehead atoms. The fourth-order valence-electron chi connectivity index (χ4n) is 3.02. The summed E-state index contributed by atoms with van der Waals surface area (Å²) in [6, 6.07) is 13.5. The molecule has 3 heterocycles. The van der Waals surface area contributed by atoms with E-state index in [2.05, 4.69) is 0 Å². The van der Waals surface area contributed by atoms with Crippen molar-refractivity contribution in [2.24, 2.45) is 0 Å². The summed E-state index contributed by atoms with van der Waals surface area (Å²) in [6.07, 6.45) is 0. The van der Waals surface area contributed by atoms with E-state index in [1.165, 1.54) is 0 Å². The largest absolute Gasteiger partial charge is 0.438 e. The molecule has 0 amide bonds. The molecule has 2 aromatic carbocycles. The highest BCUT2D eigenvalue weighted by molar-refractivity contribution is 8.40. The third-order valence-corrected chi connectivity index (χ3v) is 10.0. The van der Waals surface area contributed by atoms with Crippen LogP contribution < -0.4 is 0 Å². The second-order valence-electron chi connectivity index (χ2n) is 5.46. The second kappa shape index (κ2) is 4.83. The third-order valence-electron chi connectivity index (χ3n) is 4.01. The molecule has 0 aliphatic carbocycles. The highest BCUT2D eigenvalue weighted by atomic mass is 32.4. The van der Waals surface area contributed by atoms with Crippen molar-refractivity contribution in [3.05, 3.63) is 69.5 Å². The van der Waals surface area contributed by atoms with Crippen LogP contribution in [0.4, 0.5) is 0 Å². The van der Waals surface area contributed by atoms with Gasteiger partial charge in [-0.2, -0.15) is 8.42 Å². The van der Waals surface area contributed by atoms with Gasteiger partial charge < -0.3 is 0 Å². The summed E-state index contributed by atoms with van der Waals surface area (Å²) in [6.45, 7) is 0. The summed E-state index contributed by atoms with van der Waals surface area (Å²) < 4.78 is 33.4. The average Bonchev–Trinajstić information content (AvgIpc) is 3.01. The lowest BCUT2D eigenvalue weighted by atomic mass is 10.1. The minimum atomic E-state index is -4.16. The van der Waals surface area contributed by atoms with Crippen molar-refractivity contribution in [3.63, 3.8) is 0 Å². The zero-order valence-corrected chi connectivity index (χ0v) is 14.7. The summed E-state index contributed by atoms with van der Waals surface area (Å²) >= 11 is 1.14. The molecule has 1 fully saturated rings. The van der Waals surface area contributed by atoms with E-state index >= 15 is 0 Å². The van der Waals surface area contributed by atoms with E-state index in [0.717, 1.165) is 16.7 Å². The normalized spacial score (nSPS) is 26.2. The van der Waals surface area contributed by atoms with Gasteiger partial charge in [0.2, 0.25) is 11.6 Å². The van der Waals surface area contributed by atoms with Crippen LogP contribution in [0.1, 0.15) is 20.7 Å². The second-order valence-corrected chi connectivity index (χ2v) is 10.3. The number of ketones is 2. The molecule has 0 radical (unpaired) electrons. The monoisotopic (exact) mass is 392 g/mol. The molecule has 0 aromatic heterocycles. The van der Waals surface area contributed by atoms with E-state index in [-0.39, 0.29) is 15.6 Å². The summed E-state index contributed by atoms with van der Waals surface area (Å²) in [7, 11) is -7.11. The van der Waals surface area contributed by atoms with Crippen LogP contribution in [0.2, 0.25) is 0 Å². The van der Waals surface area contributed by atoms with E-state index < -0.39 is 26.8 Å². The molecule has 0 saturated carbocycles. The lowest BCUT2D eigenvalue weighted by Gasteiger charge is -2.44. The Labute approximate surface area is 148 Å². The number of Topliss-reactive ketones (excluding diaryl/α,β-unsaturated/α-hetero) is 2. The van der Waals surface area contributed by atoms with Crippen molar-refractivity contribution < 1.29 is 25.3 Å². The Bertz CT molecular complexity index is 1120. The number of thioether (sulfide) groups is 1. The molecule has 25 heavy (non-hydrogen) atoms. The Balaban J connectivity index is 1.78. The highest BCUT2D eigenvalue weighted by Crippen LogP contribution is 2.78. The van der Waals surface area contributed by atoms with Crippen LogP contribution in [-0.4, -0.2) is 20.0 Å². The lowest BCUT2D eigenvalue weighted by Crippen LogP contribution is -2.29. The summed E-state index contributed by atoms with van der Waals surface area (Å²) in [5.41, 5.74) is 0.787. The summed E-state index contributed by atoms with van der Waals surface area (Å²) in [4.78, 5) is 27.0. The van der Waals surface area contributed by atoms with Gasteiger partial charge >= 0.3 is 10.4 Å².